The minimum Gasteiger partial charge on any atom is -0.490 e. The van der Waals surface area contributed by atoms with Crippen molar-refractivity contribution >= 4 is 21.8 Å². The van der Waals surface area contributed by atoms with Crippen LogP contribution in [-0.4, -0.2) is 28.8 Å². The minimum absolute atomic E-state index is 0.265. The van der Waals surface area contributed by atoms with Crippen LogP contribution in [0.1, 0.15) is 37.7 Å². The lowest BCUT2D eigenvalue weighted by Gasteiger charge is -2.18. The van der Waals surface area contributed by atoms with E-state index in [1.165, 1.54) is 25.7 Å². The number of carbonyl (C=O) groups excluding carboxylic acids is 1. The minimum atomic E-state index is 0.265. The van der Waals surface area contributed by atoms with Gasteiger partial charge < -0.3 is 9.64 Å². The largest absolute Gasteiger partial charge is 0.490 e. The number of likely N-dealkylation sites (tertiary alicyclic amines) is 1. The second kappa shape index (κ2) is 6.82. The van der Waals surface area contributed by atoms with Crippen molar-refractivity contribution in [3.63, 3.8) is 0 Å². The SMILES string of the molecule is O=C1CC(CBr)CN1Cc1cccc(OC2CCCC2)c1. The summed E-state index contributed by atoms with van der Waals surface area (Å²) in [6.07, 6.45) is 5.94. The Bertz CT molecular complexity index is 499. The van der Waals surface area contributed by atoms with E-state index in [9.17, 15) is 4.79 Å². The molecule has 0 N–H and O–H groups in total. The van der Waals surface area contributed by atoms with Crippen LogP contribution < -0.4 is 4.74 Å². The molecule has 2 fully saturated rings. The number of alkyl halides is 1. The lowest BCUT2D eigenvalue weighted by Crippen LogP contribution is -2.24. The molecule has 1 heterocycles. The molecule has 1 aliphatic carbocycles. The second-order valence-corrected chi connectivity index (χ2v) is 6.82. The molecule has 1 atom stereocenters. The molecular weight excluding hydrogens is 330 g/mol. The Balaban J connectivity index is 1.61. The highest BCUT2D eigenvalue weighted by molar-refractivity contribution is 9.09. The van der Waals surface area contributed by atoms with E-state index < -0.39 is 0 Å². The number of halogens is 1. The molecule has 1 aromatic rings. The van der Waals surface area contributed by atoms with Gasteiger partial charge in [-0.1, -0.05) is 28.1 Å². The van der Waals surface area contributed by atoms with E-state index in [1.807, 2.05) is 17.0 Å². The van der Waals surface area contributed by atoms with Gasteiger partial charge in [0, 0.05) is 24.8 Å². The predicted molar refractivity (Wildman–Crippen MR) is 86.6 cm³/mol. The maximum atomic E-state index is 12.0. The van der Waals surface area contributed by atoms with Crippen molar-refractivity contribution in [2.45, 2.75) is 44.8 Å². The highest BCUT2D eigenvalue weighted by Gasteiger charge is 2.28. The van der Waals surface area contributed by atoms with Gasteiger partial charge in [0.05, 0.1) is 6.10 Å². The Labute approximate surface area is 134 Å². The molecule has 1 saturated carbocycles. The Kier molecular flexibility index (Phi) is 4.84. The maximum absolute atomic E-state index is 12.0. The zero-order valence-electron chi connectivity index (χ0n) is 12.3. The fourth-order valence-corrected chi connectivity index (χ4v) is 3.68. The van der Waals surface area contributed by atoms with Crippen LogP contribution in [0.25, 0.3) is 0 Å². The molecule has 2 aliphatic rings. The van der Waals surface area contributed by atoms with E-state index in [1.54, 1.807) is 0 Å². The number of benzene rings is 1. The summed E-state index contributed by atoms with van der Waals surface area (Å²) in [5, 5.41) is 0.903. The Morgan fingerprint density at radius 3 is 2.81 bits per heavy atom. The Morgan fingerprint density at radius 1 is 1.29 bits per heavy atom. The van der Waals surface area contributed by atoms with Gasteiger partial charge in [0.1, 0.15) is 5.75 Å². The van der Waals surface area contributed by atoms with Crippen molar-refractivity contribution in [3.05, 3.63) is 29.8 Å². The molecule has 3 rings (SSSR count). The smallest absolute Gasteiger partial charge is 0.223 e. The molecule has 1 aromatic carbocycles. The molecule has 114 valence electrons. The molecule has 21 heavy (non-hydrogen) atoms. The number of nitrogens with zero attached hydrogens (tertiary/aromatic N) is 1. The Hall–Kier alpha value is -1.03. The number of ether oxygens (including phenoxy) is 1. The third-order valence-corrected chi connectivity index (χ3v) is 5.31. The predicted octanol–water partition coefficient (Wildman–Crippen LogP) is 3.75. The monoisotopic (exact) mass is 351 g/mol. The van der Waals surface area contributed by atoms with Gasteiger partial charge in [-0.2, -0.15) is 0 Å². The first-order valence-electron chi connectivity index (χ1n) is 7.84. The van der Waals surface area contributed by atoms with Crippen molar-refractivity contribution < 1.29 is 9.53 Å². The van der Waals surface area contributed by atoms with E-state index in [2.05, 4.69) is 28.1 Å². The van der Waals surface area contributed by atoms with Gasteiger partial charge in [-0.3, -0.25) is 4.79 Å². The highest BCUT2D eigenvalue weighted by atomic mass is 79.9. The van der Waals surface area contributed by atoms with E-state index in [0.717, 1.165) is 23.2 Å². The molecule has 4 heteroatoms. The second-order valence-electron chi connectivity index (χ2n) is 6.17. The average molecular weight is 352 g/mol. The zero-order valence-corrected chi connectivity index (χ0v) is 13.8. The van der Waals surface area contributed by atoms with Crippen LogP contribution in [0, 0.1) is 5.92 Å². The van der Waals surface area contributed by atoms with Crippen LogP contribution in [-0.2, 0) is 11.3 Å². The quantitative estimate of drug-likeness (QED) is 0.756. The van der Waals surface area contributed by atoms with Crippen LogP contribution in [0.5, 0.6) is 5.75 Å². The summed E-state index contributed by atoms with van der Waals surface area (Å²) >= 11 is 3.48. The zero-order chi connectivity index (χ0) is 14.7. The molecule has 1 aliphatic heterocycles. The normalized spacial score (nSPS) is 23.0. The molecule has 3 nitrogen and oxygen atoms in total. The molecule has 0 radical (unpaired) electrons. The summed E-state index contributed by atoms with van der Waals surface area (Å²) in [7, 11) is 0. The molecule has 1 unspecified atom stereocenters. The van der Waals surface area contributed by atoms with Crippen LogP contribution in [0.2, 0.25) is 0 Å². The van der Waals surface area contributed by atoms with E-state index in [4.69, 9.17) is 4.74 Å². The van der Waals surface area contributed by atoms with Crippen LogP contribution >= 0.6 is 15.9 Å². The van der Waals surface area contributed by atoms with Gasteiger partial charge in [-0.15, -0.1) is 0 Å². The van der Waals surface area contributed by atoms with Crippen molar-refractivity contribution in [1.82, 2.24) is 4.90 Å². The van der Waals surface area contributed by atoms with E-state index in [0.29, 0.717) is 25.0 Å². The first kappa shape index (κ1) is 14.9. The van der Waals surface area contributed by atoms with Crippen molar-refractivity contribution in [3.8, 4) is 5.75 Å². The van der Waals surface area contributed by atoms with Gasteiger partial charge in [-0.25, -0.2) is 0 Å². The molecule has 0 aromatic heterocycles. The summed E-state index contributed by atoms with van der Waals surface area (Å²) in [6.45, 7) is 1.56. The van der Waals surface area contributed by atoms with Crippen LogP contribution in [0.4, 0.5) is 0 Å². The molecule has 0 spiro atoms. The summed E-state index contributed by atoms with van der Waals surface area (Å²) in [4.78, 5) is 13.9. The van der Waals surface area contributed by atoms with Gasteiger partial charge in [0.25, 0.3) is 0 Å². The van der Waals surface area contributed by atoms with Crippen molar-refractivity contribution in [2.75, 3.05) is 11.9 Å². The third-order valence-electron chi connectivity index (χ3n) is 4.39. The van der Waals surface area contributed by atoms with Crippen LogP contribution in [0.3, 0.4) is 0 Å². The first-order valence-corrected chi connectivity index (χ1v) is 8.96. The topological polar surface area (TPSA) is 29.5 Å². The number of hydrogen-bond donors (Lipinski definition) is 0. The first-order chi connectivity index (χ1) is 10.2. The molecule has 1 amide bonds. The van der Waals surface area contributed by atoms with Gasteiger partial charge in [0.2, 0.25) is 5.91 Å². The van der Waals surface area contributed by atoms with Crippen molar-refractivity contribution in [1.29, 1.82) is 0 Å². The van der Waals surface area contributed by atoms with Gasteiger partial charge in [0.15, 0.2) is 0 Å². The third kappa shape index (κ3) is 3.79. The number of carbonyl (C=O) groups is 1. The number of hydrogen-bond acceptors (Lipinski definition) is 2. The van der Waals surface area contributed by atoms with Gasteiger partial charge in [-0.05, 0) is 49.3 Å². The lowest BCUT2D eigenvalue weighted by atomic mass is 10.1. The summed E-state index contributed by atoms with van der Waals surface area (Å²) < 4.78 is 6.04. The lowest BCUT2D eigenvalue weighted by molar-refractivity contribution is -0.128. The standard InChI is InChI=1S/C17H22BrNO2/c18-10-14-9-17(20)19(12-14)11-13-4-3-7-16(8-13)21-15-5-1-2-6-15/h3-4,7-8,14-15H,1-2,5-6,9-12H2. The van der Waals surface area contributed by atoms with Gasteiger partial charge >= 0.3 is 0 Å². The number of amides is 1. The maximum Gasteiger partial charge on any atom is 0.223 e. The van der Waals surface area contributed by atoms with Crippen LogP contribution in [0.15, 0.2) is 24.3 Å². The molecule has 1 saturated heterocycles. The highest BCUT2D eigenvalue weighted by Crippen LogP contribution is 2.26. The molecular formula is C17H22BrNO2. The van der Waals surface area contributed by atoms with E-state index in [-0.39, 0.29) is 5.91 Å². The fraction of sp³-hybridized carbons (Fsp3) is 0.588. The molecule has 0 bridgehead atoms. The number of rotatable bonds is 5. The Morgan fingerprint density at radius 2 is 2.10 bits per heavy atom. The van der Waals surface area contributed by atoms with Crippen molar-refractivity contribution in [2.24, 2.45) is 5.92 Å². The fourth-order valence-electron chi connectivity index (χ4n) is 3.25. The average Bonchev–Trinajstić information content (AvgIpc) is 3.10. The summed E-state index contributed by atoms with van der Waals surface area (Å²) in [5.41, 5.74) is 1.16. The van der Waals surface area contributed by atoms with E-state index >= 15 is 0 Å². The summed E-state index contributed by atoms with van der Waals surface area (Å²) in [5.74, 6) is 1.67. The summed E-state index contributed by atoms with van der Waals surface area (Å²) in [6, 6.07) is 8.22.